The van der Waals surface area contributed by atoms with Crippen LogP contribution < -0.4 is 5.32 Å². The summed E-state index contributed by atoms with van der Waals surface area (Å²) in [7, 11) is 0. The van der Waals surface area contributed by atoms with Gasteiger partial charge in [-0.1, -0.05) is 45.7 Å². The third-order valence-electron chi connectivity index (χ3n) is 2.59. The van der Waals surface area contributed by atoms with Gasteiger partial charge in [-0.2, -0.15) is 0 Å². The van der Waals surface area contributed by atoms with Crippen LogP contribution in [0.15, 0.2) is 42.5 Å². The fraction of sp³-hybridized carbons (Fsp3) is 0.0714. The molecular weight excluding hydrogens is 440 g/mol. The van der Waals surface area contributed by atoms with E-state index < -0.39 is 0 Å². The maximum atomic E-state index is 12.2. The third-order valence-corrected chi connectivity index (χ3v) is 4.77. The van der Waals surface area contributed by atoms with Crippen LogP contribution in [0.1, 0.15) is 15.9 Å². The Bertz CT molecular complexity index is 618. The number of hydrogen-bond acceptors (Lipinski definition) is 1. The molecule has 2 aromatic rings. The van der Waals surface area contributed by atoms with Gasteiger partial charge in [-0.05, 0) is 52.4 Å². The molecule has 0 heterocycles. The SMILES string of the molecule is O=C(Nc1ccccc1CBr)c1ccc(I)c(Cl)c1. The lowest BCUT2D eigenvalue weighted by atomic mass is 10.1. The van der Waals surface area contributed by atoms with E-state index in [9.17, 15) is 4.79 Å². The number of rotatable bonds is 3. The van der Waals surface area contributed by atoms with Crippen molar-refractivity contribution in [3.05, 3.63) is 62.2 Å². The zero-order chi connectivity index (χ0) is 13.8. The fourth-order valence-corrected chi connectivity index (χ4v) is 2.60. The highest BCUT2D eigenvalue weighted by Crippen LogP contribution is 2.22. The predicted molar refractivity (Wildman–Crippen MR) is 91.2 cm³/mol. The van der Waals surface area contributed by atoms with Crippen LogP contribution in [0.2, 0.25) is 5.02 Å². The molecule has 0 unspecified atom stereocenters. The van der Waals surface area contributed by atoms with Crippen molar-refractivity contribution in [3.8, 4) is 0 Å². The highest BCUT2D eigenvalue weighted by molar-refractivity contribution is 14.1. The summed E-state index contributed by atoms with van der Waals surface area (Å²) in [5.41, 5.74) is 2.39. The van der Waals surface area contributed by atoms with Gasteiger partial charge in [-0.15, -0.1) is 0 Å². The minimum absolute atomic E-state index is 0.160. The summed E-state index contributed by atoms with van der Waals surface area (Å²) in [5.74, 6) is -0.160. The van der Waals surface area contributed by atoms with Gasteiger partial charge in [-0.25, -0.2) is 0 Å². The van der Waals surface area contributed by atoms with Crippen molar-refractivity contribution >= 4 is 61.7 Å². The van der Waals surface area contributed by atoms with Gasteiger partial charge in [0.2, 0.25) is 0 Å². The first-order valence-corrected chi connectivity index (χ1v) is 8.10. The molecule has 0 radical (unpaired) electrons. The van der Waals surface area contributed by atoms with Gasteiger partial charge in [0.05, 0.1) is 5.02 Å². The normalized spacial score (nSPS) is 10.3. The molecule has 2 rings (SSSR count). The number of amides is 1. The van der Waals surface area contributed by atoms with Crippen LogP contribution in [0.25, 0.3) is 0 Å². The summed E-state index contributed by atoms with van der Waals surface area (Å²) < 4.78 is 0.927. The van der Waals surface area contributed by atoms with Gasteiger partial charge in [0.15, 0.2) is 0 Å². The summed E-state index contributed by atoms with van der Waals surface area (Å²) in [6.07, 6.45) is 0. The minimum atomic E-state index is -0.160. The van der Waals surface area contributed by atoms with Gasteiger partial charge in [-0.3, -0.25) is 4.79 Å². The lowest BCUT2D eigenvalue weighted by Crippen LogP contribution is -2.13. The molecular formula is C14H10BrClINO. The quantitative estimate of drug-likeness (QED) is 0.512. The number of anilines is 1. The first-order valence-electron chi connectivity index (χ1n) is 5.52. The van der Waals surface area contributed by atoms with Crippen molar-refractivity contribution in [1.82, 2.24) is 0 Å². The molecule has 1 N–H and O–H groups in total. The Morgan fingerprint density at radius 3 is 2.68 bits per heavy atom. The number of benzene rings is 2. The van der Waals surface area contributed by atoms with Gasteiger partial charge < -0.3 is 5.32 Å². The first kappa shape index (κ1) is 14.8. The van der Waals surface area contributed by atoms with E-state index in [0.717, 1.165) is 14.8 Å². The Morgan fingerprint density at radius 2 is 2.00 bits per heavy atom. The maximum absolute atomic E-state index is 12.2. The lowest BCUT2D eigenvalue weighted by molar-refractivity contribution is 0.102. The second-order valence-electron chi connectivity index (χ2n) is 3.87. The Labute approximate surface area is 138 Å². The second-order valence-corrected chi connectivity index (χ2v) is 6.00. The molecule has 0 saturated heterocycles. The van der Waals surface area contributed by atoms with E-state index in [4.69, 9.17) is 11.6 Å². The van der Waals surface area contributed by atoms with Gasteiger partial charge in [0.1, 0.15) is 0 Å². The molecule has 0 spiro atoms. The summed E-state index contributed by atoms with van der Waals surface area (Å²) in [4.78, 5) is 12.2. The highest BCUT2D eigenvalue weighted by Gasteiger charge is 2.10. The van der Waals surface area contributed by atoms with E-state index >= 15 is 0 Å². The molecule has 19 heavy (non-hydrogen) atoms. The predicted octanol–water partition coefficient (Wildman–Crippen LogP) is 5.09. The number of nitrogens with one attached hydrogen (secondary N) is 1. The van der Waals surface area contributed by atoms with Gasteiger partial charge >= 0.3 is 0 Å². The van der Waals surface area contributed by atoms with Gasteiger partial charge in [0.25, 0.3) is 5.91 Å². The number of halogens is 3. The molecule has 0 aromatic heterocycles. The Morgan fingerprint density at radius 1 is 1.26 bits per heavy atom. The Balaban J connectivity index is 2.23. The molecule has 0 aliphatic rings. The van der Waals surface area contributed by atoms with Crippen molar-refractivity contribution in [1.29, 1.82) is 0 Å². The summed E-state index contributed by atoms with van der Waals surface area (Å²) >= 11 is 11.6. The van der Waals surface area contributed by atoms with Crippen molar-refractivity contribution in [2.24, 2.45) is 0 Å². The molecule has 98 valence electrons. The summed E-state index contributed by atoms with van der Waals surface area (Å²) in [6.45, 7) is 0. The molecule has 0 atom stereocenters. The van der Waals surface area contributed by atoms with E-state index in [1.54, 1.807) is 12.1 Å². The van der Waals surface area contributed by atoms with Crippen LogP contribution in [-0.4, -0.2) is 5.91 Å². The fourth-order valence-electron chi connectivity index (χ4n) is 1.59. The van der Waals surface area contributed by atoms with E-state index in [2.05, 4.69) is 43.8 Å². The topological polar surface area (TPSA) is 29.1 Å². The van der Waals surface area contributed by atoms with Crippen LogP contribution in [0, 0.1) is 3.57 Å². The molecule has 1 amide bonds. The maximum Gasteiger partial charge on any atom is 0.255 e. The molecule has 0 saturated carbocycles. The van der Waals surface area contributed by atoms with Gasteiger partial charge in [0, 0.05) is 20.2 Å². The number of carbonyl (C=O) groups is 1. The zero-order valence-corrected chi connectivity index (χ0v) is 14.3. The summed E-state index contributed by atoms with van der Waals surface area (Å²) in [5, 5.41) is 4.17. The zero-order valence-electron chi connectivity index (χ0n) is 9.79. The number of carbonyl (C=O) groups excluding carboxylic acids is 1. The average molecular weight is 451 g/mol. The number of alkyl halides is 1. The average Bonchev–Trinajstić information content (AvgIpc) is 2.42. The Hall–Kier alpha value is -0.590. The minimum Gasteiger partial charge on any atom is -0.322 e. The van der Waals surface area contributed by atoms with Crippen molar-refractivity contribution < 1.29 is 4.79 Å². The van der Waals surface area contributed by atoms with E-state index in [-0.39, 0.29) is 5.91 Å². The molecule has 0 aliphatic carbocycles. The lowest BCUT2D eigenvalue weighted by Gasteiger charge is -2.09. The Kier molecular flexibility index (Phi) is 5.24. The number of para-hydroxylation sites is 1. The second kappa shape index (κ2) is 6.72. The largest absolute Gasteiger partial charge is 0.322 e. The third kappa shape index (κ3) is 3.70. The molecule has 2 aromatic carbocycles. The van der Waals surface area contributed by atoms with E-state index in [1.807, 2.05) is 30.3 Å². The van der Waals surface area contributed by atoms with Crippen LogP contribution in [0.3, 0.4) is 0 Å². The highest BCUT2D eigenvalue weighted by atomic mass is 127. The standard InChI is InChI=1S/C14H10BrClINO/c15-8-10-3-1-2-4-13(10)18-14(19)9-5-6-12(17)11(16)7-9/h1-7H,8H2,(H,18,19). The van der Waals surface area contributed by atoms with E-state index in [0.29, 0.717) is 15.9 Å². The van der Waals surface area contributed by atoms with Crippen LogP contribution in [0.5, 0.6) is 0 Å². The molecule has 2 nitrogen and oxygen atoms in total. The van der Waals surface area contributed by atoms with Crippen molar-refractivity contribution in [2.45, 2.75) is 5.33 Å². The molecule has 0 bridgehead atoms. The van der Waals surface area contributed by atoms with Crippen LogP contribution in [-0.2, 0) is 5.33 Å². The monoisotopic (exact) mass is 449 g/mol. The van der Waals surface area contributed by atoms with Crippen molar-refractivity contribution in [2.75, 3.05) is 5.32 Å². The van der Waals surface area contributed by atoms with Crippen molar-refractivity contribution in [3.63, 3.8) is 0 Å². The number of hydrogen-bond donors (Lipinski definition) is 1. The molecule has 0 fully saturated rings. The smallest absolute Gasteiger partial charge is 0.255 e. The molecule has 5 heteroatoms. The molecule has 0 aliphatic heterocycles. The van der Waals surface area contributed by atoms with Crippen LogP contribution >= 0.6 is 50.1 Å². The first-order chi connectivity index (χ1) is 9.11. The van der Waals surface area contributed by atoms with Crippen LogP contribution in [0.4, 0.5) is 5.69 Å². The van der Waals surface area contributed by atoms with E-state index in [1.165, 1.54) is 0 Å². The summed E-state index contributed by atoms with van der Waals surface area (Å²) in [6, 6.07) is 12.9.